The molecule has 0 saturated carbocycles. The second kappa shape index (κ2) is 6.33. The van der Waals surface area contributed by atoms with E-state index in [0.29, 0.717) is 0 Å². The van der Waals surface area contributed by atoms with Crippen molar-refractivity contribution in [1.29, 1.82) is 0 Å². The summed E-state index contributed by atoms with van der Waals surface area (Å²) in [5.41, 5.74) is 0.781. The van der Waals surface area contributed by atoms with E-state index in [-0.39, 0.29) is 18.2 Å². The summed E-state index contributed by atoms with van der Waals surface area (Å²) in [5.74, 6) is 0. The van der Waals surface area contributed by atoms with Crippen LogP contribution < -0.4 is 0 Å². The number of rotatable bonds is 3. The number of hydrogen-bond acceptors (Lipinski definition) is 2. The van der Waals surface area contributed by atoms with Crippen LogP contribution in [0.2, 0.25) is 0 Å². The van der Waals surface area contributed by atoms with Gasteiger partial charge in [-0.3, -0.25) is 4.90 Å². The Morgan fingerprint density at radius 2 is 2.00 bits per heavy atom. The van der Waals surface area contributed by atoms with Crippen LogP contribution in [0.5, 0.6) is 0 Å². The lowest BCUT2D eigenvalue weighted by molar-refractivity contribution is 0.0181. The van der Waals surface area contributed by atoms with Gasteiger partial charge in [-0.25, -0.2) is 4.79 Å². The van der Waals surface area contributed by atoms with Crippen molar-refractivity contribution in [2.24, 2.45) is 0 Å². The Balaban J connectivity index is 2.12. The summed E-state index contributed by atoms with van der Waals surface area (Å²) < 4.78 is 5.56. The van der Waals surface area contributed by atoms with E-state index in [4.69, 9.17) is 4.74 Å². The molecule has 2 unspecified atom stereocenters. The molecule has 3 heteroatoms. The summed E-state index contributed by atoms with van der Waals surface area (Å²) in [5, 5.41) is 0. The van der Waals surface area contributed by atoms with Crippen molar-refractivity contribution in [3.63, 3.8) is 0 Å². The summed E-state index contributed by atoms with van der Waals surface area (Å²) in [7, 11) is 0. The van der Waals surface area contributed by atoms with E-state index in [0.717, 1.165) is 19.3 Å². The normalized spacial score (nSPS) is 22.1. The average Bonchev–Trinajstić information content (AvgIpc) is 2.81. The van der Waals surface area contributed by atoms with E-state index in [9.17, 15) is 4.79 Å². The largest absolute Gasteiger partial charge is 0.444 e. The molecule has 21 heavy (non-hydrogen) atoms. The van der Waals surface area contributed by atoms with Crippen LogP contribution in [0.4, 0.5) is 4.79 Å². The number of ether oxygens (including phenoxy) is 1. The maximum atomic E-state index is 12.5. The Kier molecular flexibility index (Phi) is 4.71. The molecule has 0 bridgehead atoms. The first kappa shape index (κ1) is 15.6. The molecule has 0 aliphatic carbocycles. The first-order chi connectivity index (χ1) is 9.90. The summed E-state index contributed by atoms with van der Waals surface area (Å²) >= 11 is 0. The molecule has 0 radical (unpaired) electrons. The summed E-state index contributed by atoms with van der Waals surface area (Å²) in [6.45, 7) is 9.56. The molecule has 1 amide bonds. The van der Waals surface area contributed by atoms with Gasteiger partial charge in [0.05, 0.1) is 6.04 Å². The first-order valence-corrected chi connectivity index (χ1v) is 7.58. The fourth-order valence-electron chi connectivity index (χ4n) is 2.83. The highest BCUT2D eigenvalue weighted by Gasteiger charge is 2.37. The van der Waals surface area contributed by atoms with Crippen LogP contribution in [-0.4, -0.2) is 28.7 Å². The Morgan fingerprint density at radius 3 is 2.57 bits per heavy atom. The third kappa shape index (κ3) is 4.10. The van der Waals surface area contributed by atoms with Gasteiger partial charge in [0.25, 0.3) is 0 Å². The van der Waals surface area contributed by atoms with Gasteiger partial charge in [0.2, 0.25) is 0 Å². The third-order valence-corrected chi connectivity index (χ3v) is 3.74. The fraction of sp³-hybridized carbons (Fsp3) is 0.500. The minimum Gasteiger partial charge on any atom is -0.444 e. The second-order valence-corrected chi connectivity index (χ2v) is 6.61. The minimum atomic E-state index is -0.470. The van der Waals surface area contributed by atoms with E-state index < -0.39 is 5.60 Å². The zero-order valence-corrected chi connectivity index (χ0v) is 13.2. The lowest BCUT2D eigenvalue weighted by Crippen LogP contribution is -2.44. The zero-order chi connectivity index (χ0) is 15.5. The van der Waals surface area contributed by atoms with E-state index in [1.165, 1.54) is 5.56 Å². The Labute approximate surface area is 127 Å². The van der Waals surface area contributed by atoms with Crippen molar-refractivity contribution in [3.05, 3.63) is 48.6 Å². The molecule has 1 aromatic carbocycles. The van der Waals surface area contributed by atoms with Gasteiger partial charge in [-0.05, 0) is 45.6 Å². The highest BCUT2D eigenvalue weighted by atomic mass is 16.6. The predicted octanol–water partition coefficient (Wildman–Crippen LogP) is 4.18. The average molecular weight is 287 g/mol. The van der Waals surface area contributed by atoms with Crippen molar-refractivity contribution < 1.29 is 9.53 Å². The summed E-state index contributed by atoms with van der Waals surface area (Å²) in [4.78, 5) is 14.4. The molecule has 3 nitrogen and oxygen atoms in total. The van der Waals surface area contributed by atoms with Crippen LogP contribution in [-0.2, 0) is 11.2 Å². The number of hydrogen-bond donors (Lipinski definition) is 0. The molecular weight excluding hydrogens is 262 g/mol. The highest BCUT2D eigenvalue weighted by Crippen LogP contribution is 2.29. The van der Waals surface area contributed by atoms with Crippen LogP contribution >= 0.6 is 0 Å². The number of nitrogens with zero attached hydrogens (tertiary/aromatic N) is 1. The quantitative estimate of drug-likeness (QED) is 0.780. The molecule has 0 N–H and O–H groups in total. The van der Waals surface area contributed by atoms with Crippen molar-refractivity contribution in [2.45, 2.75) is 57.7 Å². The number of likely N-dealkylation sites (tertiary alicyclic amines) is 1. The topological polar surface area (TPSA) is 29.5 Å². The summed E-state index contributed by atoms with van der Waals surface area (Å²) in [6, 6.07) is 10.6. The Hall–Kier alpha value is -1.77. The van der Waals surface area contributed by atoms with Gasteiger partial charge in [-0.2, -0.15) is 0 Å². The van der Waals surface area contributed by atoms with Gasteiger partial charge >= 0.3 is 6.09 Å². The zero-order valence-electron chi connectivity index (χ0n) is 13.2. The molecule has 1 saturated heterocycles. The van der Waals surface area contributed by atoms with Crippen LogP contribution in [0.25, 0.3) is 0 Å². The summed E-state index contributed by atoms with van der Waals surface area (Å²) in [6.07, 6.45) is 4.44. The molecule has 2 atom stereocenters. The molecule has 1 fully saturated rings. The van der Waals surface area contributed by atoms with Crippen LogP contribution in [0.1, 0.15) is 39.2 Å². The van der Waals surface area contributed by atoms with E-state index in [2.05, 4.69) is 18.7 Å². The van der Waals surface area contributed by atoms with Gasteiger partial charge in [0.15, 0.2) is 0 Å². The maximum Gasteiger partial charge on any atom is 0.411 e. The van der Waals surface area contributed by atoms with Crippen LogP contribution in [0.15, 0.2) is 43.0 Å². The molecule has 1 aliphatic heterocycles. The van der Waals surface area contributed by atoms with Crippen molar-refractivity contribution in [2.75, 3.05) is 0 Å². The van der Waals surface area contributed by atoms with Gasteiger partial charge in [0, 0.05) is 6.04 Å². The van der Waals surface area contributed by atoms with Gasteiger partial charge < -0.3 is 4.74 Å². The molecule has 2 rings (SSSR count). The lowest BCUT2D eigenvalue weighted by atomic mass is 10.0. The molecule has 0 spiro atoms. The van der Waals surface area contributed by atoms with E-state index in [1.54, 1.807) is 0 Å². The van der Waals surface area contributed by atoms with Crippen molar-refractivity contribution >= 4 is 6.09 Å². The van der Waals surface area contributed by atoms with Crippen molar-refractivity contribution in [3.8, 4) is 0 Å². The second-order valence-electron chi connectivity index (χ2n) is 6.61. The first-order valence-electron chi connectivity index (χ1n) is 7.58. The van der Waals surface area contributed by atoms with Gasteiger partial charge in [-0.1, -0.05) is 36.4 Å². The number of benzene rings is 1. The molecule has 1 heterocycles. The minimum absolute atomic E-state index is 0.0774. The monoisotopic (exact) mass is 287 g/mol. The number of carbonyl (C=O) groups excluding carboxylic acids is 1. The SMILES string of the molecule is C=CC1CCC(Cc2ccccc2)N1C(=O)OC(C)(C)C. The molecule has 0 aromatic heterocycles. The van der Waals surface area contributed by atoms with E-state index in [1.807, 2.05) is 49.9 Å². The molecule has 1 aromatic rings. The fourth-order valence-corrected chi connectivity index (χ4v) is 2.83. The predicted molar refractivity (Wildman–Crippen MR) is 85.2 cm³/mol. The number of amides is 1. The van der Waals surface area contributed by atoms with Crippen LogP contribution in [0.3, 0.4) is 0 Å². The standard InChI is InChI=1S/C18H25NO2/c1-5-15-11-12-16(13-14-9-7-6-8-10-14)19(15)17(20)21-18(2,3)4/h5-10,15-16H,1,11-13H2,2-4H3. The third-order valence-electron chi connectivity index (χ3n) is 3.74. The maximum absolute atomic E-state index is 12.5. The van der Waals surface area contributed by atoms with E-state index >= 15 is 0 Å². The highest BCUT2D eigenvalue weighted by molar-refractivity contribution is 5.70. The van der Waals surface area contributed by atoms with Gasteiger partial charge in [-0.15, -0.1) is 6.58 Å². The van der Waals surface area contributed by atoms with Crippen molar-refractivity contribution in [1.82, 2.24) is 4.90 Å². The van der Waals surface area contributed by atoms with Gasteiger partial charge in [0.1, 0.15) is 5.60 Å². The number of carbonyl (C=O) groups is 1. The smallest absolute Gasteiger partial charge is 0.411 e. The Morgan fingerprint density at radius 1 is 1.33 bits per heavy atom. The Bertz CT molecular complexity index is 490. The molecule has 1 aliphatic rings. The van der Waals surface area contributed by atoms with Crippen LogP contribution in [0, 0.1) is 0 Å². The molecule has 114 valence electrons. The lowest BCUT2D eigenvalue weighted by Gasteiger charge is -2.31. The molecular formula is C18H25NO2.